The van der Waals surface area contributed by atoms with Gasteiger partial charge in [-0.2, -0.15) is 4.31 Å². The minimum Gasteiger partial charge on any atom is -0.378 e. The zero-order valence-electron chi connectivity index (χ0n) is 23.0. The van der Waals surface area contributed by atoms with E-state index in [0.29, 0.717) is 32.1 Å². The second-order valence-corrected chi connectivity index (χ2v) is 12.9. The van der Waals surface area contributed by atoms with E-state index in [1.54, 1.807) is 60.8 Å². The number of benzene rings is 3. The number of pyridine rings is 1. The number of nitrogens with zero attached hydrogens (tertiary/aromatic N) is 4. The van der Waals surface area contributed by atoms with Crippen molar-refractivity contribution in [2.45, 2.75) is 17.5 Å². The first kappa shape index (κ1) is 29.8. The van der Waals surface area contributed by atoms with E-state index >= 15 is 0 Å². The van der Waals surface area contributed by atoms with Gasteiger partial charge in [-0.3, -0.25) is 14.6 Å². The van der Waals surface area contributed by atoms with E-state index in [1.165, 1.54) is 15.3 Å². The Kier molecular flexibility index (Phi) is 8.70. The molecule has 0 bridgehead atoms. The molecule has 1 saturated heterocycles. The van der Waals surface area contributed by atoms with Crippen LogP contribution < -0.4 is 10.2 Å². The quantitative estimate of drug-likeness (QED) is 0.326. The maximum absolute atomic E-state index is 13.9. The van der Waals surface area contributed by atoms with Crippen LogP contribution in [-0.2, 0) is 21.4 Å². The van der Waals surface area contributed by atoms with E-state index < -0.39 is 22.0 Å². The number of hydrogen-bond acceptors (Lipinski definition) is 6. The Balaban J connectivity index is 1.43. The van der Waals surface area contributed by atoms with E-state index in [2.05, 4.69) is 10.3 Å². The fourth-order valence-corrected chi connectivity index (χ4v) is 6.93. The van der Waals surface area contributed by atoms with Crippen molar-refractivity contribution in [3.63, 3.8) is 0 Å². The minimum atomic E-state index is -4.12. The molecule has 0 saturated carbocycles. The van der Waals surface area contributed by atoms with Gasteiger partial charge in [0.25, 0.3) is 5.91 Å². The number of amides is 2. The van der Waals surface area contributed by atoms with Gasteiger partial charge in [0.05, 0.1) is 10.4 Å². The smallest absolute Gasteiger partial charge is 0.253 e. The molecule has 0 radical (unpaired) electrons. The summed E-state index contributed by atoms with van der Waals surface area (Å²) in [4.78, 5) is 34.8. The highest BCUT2D eigenvalue weighted by Gasteiger charge is 2.41. The zero-order valence-corrected chi connectivity index (χ0v) is 25.3. The molecule has 1 unspecified atom stereocenters. The van der Waals surface area contributed by atoms with Crippen LogP contribution in [0, 0.1) is 0 Å². The number of hydrogen-bond donors (Lipinski definition) is 1. The number of nitrogens with one attached hydrogen (secondary N) is 1. The van der Waals surface area contributed by atoms with Crippen molar-refractivity contribution in [2.75, 3.05) is 38.6 Å². The van der Waals surface area contributed by atoms with E-state index in [1.807, 2.05) is 31.1 Å². The molecule has 0 aliphatic carbocycles. The maximum Gasteiger partial charge on any atom is 0.253 e. The predicted octanol–water partition coefficient (Wildman–Crippen LogP) is 4.44. The normalized spacial score (nSPS) is 15.9. The molecular formula is C30H29Cl2N5O4S. The molecule has 2 amide bonds. The van der Waals surface area contributed by atoms with E-state index in [9.17, 15) is 18.0 Å². The van der Waals surface area contributed by atoms with Gasteiger partial charge in [-0.05, 0) is 66.2 Å². The standard InChI is InChI=1S/C30H29Cl2N5O4S/c1-35(2)24-9-6-20(7-10-24)30(39)36-14-15-37(42(40,41)25-11-12-27-21(16-25)4-3-13-33-27)28(19-36)29(38)34-18-22-5-8-23(31)17-26(22)32/h3-13,16-17,28H,14-15,18-19H2,1-2H3,(H,34,38). The summed E-state index contributed by atoms with van der Waals surface area (Å²) in [6.45, 7) is -0.00618. The lowest BCUT2D eigenvalue weighted by Gasteiger charge is -2.39. The summed E-state index contributed by atoms with van der Waals surface area (Å²) in [5.41, 5.74) is 2.66. The summed E-state index contributed by atoms with van der Waals surface area (Å²) in [6, 6.07) is 19.0. The molecule has 1 aromatic heterocycles. The molecule has 42 heavy (non-hydrogen) atoms. The average Bonchev–Trinajstić information content (AvgIpc) is 2.99. The van der Waals surface area contributed by atoms with Gasteiger partial charge in [-0.25, -0.2) is 8.42 Å². The van der Waals surface area contributed by atoms with Crippen LogP contribution in [-0.4, -0.2) is 74.2 Å². The van der Waals surface area contributed by atoms with E-state index in [0.717, 1.165) is 5.69 Å². The molecule has 1 atom stereocenters. The lowest BCUT2D eigenvalue weighted by molar-refractivity contribution is -0.126. The molecule has 1 aliphatic rings. The number of sulfonamides is 1. The van der Waals surface area contributed by atoms with Crippen molar-refractivity contribution < 1.29 is 18.0 Å². The largest absolute Gasteiger partial charge is 0.378 e. The topological polar surface area (TPSA) is 103 Å². The molecule has 9 nitrogen and oxygen atoms in total. The van der Waals surface area contributed by atoms with Gasteiger partial charge < -0.3 is 15.1 Å². The SMILES string of the molecule is CN(C)c1ccc(C(=O)N2CCN(S(=O)(=O)c3ccc4ncccc4c3)C(C(=O)NCc3ccc(Cl)cc3Cl)C2)cc1. The van der Waals surface area contributed by atoms with E-state index in [4.69, 9.17) is 23.2 Å². The fraction of sp³-hybridized carbons (Fsp3) is 0.233. The van der Waals surface area contributed by atoms with Gasteiger partial charge in [0.15, 0.2) is 0 Å². The summed E-state index contributed by atoms with van der Waals surface area (Å²) in [6.07, 6.45) is 1.63. The van der Waals surface area contributed by atoms with Crippen LogP contribution in [0.4, 0.5) is 5.69 Å². The molecule has 5 rings (SSSR count). The first-order valence-corrected chi connectivity index (χ1v) is 15.4. The highest BCUT2D eigenvalue weighted by Crippen LogP contribution is 2.26. The number of aromatic nitrogens is 1. The van der Waals surface area contributed by atoms with Gasteiger partial charge in [0.2, 0.25) is 15.9 Å². The Morgan fingerprint density at radius 1 is 1.00 bits per heavy atom. The number of rotatable bonds is 7. The van der Waals surface area contributed by atoms with Crippen molar-refractivity contribution in [2.24, 2.45) is 0 Å². The Morgan fingerprint density at radius 3 is 2.48 bits per heavy atom. The fourth-order valence-electron chi connectivity index (χ4n) is 4.85. The number of fused-ring (bicyclic) bond motifs is 1. The second-order valence-electron chi connectivity index (χ2n) is 10.1. The van der Waals surface area contributed by atoms with Gasteiger partial charge >= 0.3 is 0 Å². The third kappa shape index (κ3) is 6.22. The molecule has 2 heterocycles. The summed E-state index contributed by atoms with van der Waals surface area (Å²) in [5, 5.41) is 4.29. The lowest BCUT2D eigenvalue weighted by Crippen LogP contribution is -2.61. The molecule has 1 N–H and O–H groups in total. The molecule has 12 heteroatoms. The molecule has 1 fully saturated rings. The van der Waals surface area contributed by atoms with Gasteiger partial charge in [-0.1, -0.05) is 35.3 Å². The molecule has 0 spiro atoms. The van der Waals surface area contributed by atoms with E-state index in [-0.39, 0.29) is 37.0 Å². The van der Waals surface area contributed by atoms with Crippen molar-refractivity contribution in [1.29, 1.82) is 0 Å². The third-order valence-corrected chi connectivity index (χ3v) is 9.69. The Bertz CT molecular complexity index is 1750. The van der Waals surface area contributed by atoms with Gasteiger partial charge in [-0.15, -0.1) is 0 Å². The first-order chi connectivity index (χ1) is 20.0. The van der Waals surface area contributed by atoms with Crippen LogP contribution in [0.1, 0.15) is 15.9 Å². The molecule has 3 aromatic carbocycles. The summed E-state index contributed by atoms with van der Waals surface area (Å²) >= 11 is 12.3. The molecule has 1 aliphatic heterocycles. The van der Waals surface area contributed by atoms with Gasteiger partial charge in [0, 0.05) is 73.2 Å². The Morgan fingerprint density at radius 2 is 1.76 bits per heavy atom. The summed E-state index contributed by atoms with van der Waals surface area (Å²) in [7, 11) is -0.304. The van der Waals surface area contributed by atoms with Crippen LogP contribution >= 0.6 is 23.2 Å². The summed E-state index contributed by atoms with van der Waals surface area (Å²) < 4.78 is 29.1. The van der Waals surface area contributed by atoms with Crippen LogP contribution in [0.3, 0.4) is 0 Å². The molecule has 4 aromatic rings. The zero-order chi connectivity index (χ0) is 30.0. The monoisotopic (exact) mass is 625 g/mol. The lowest BCUT2D eigenvalue weighted by atomic mass is 10.1. The van der Waals surface area contributed by atoms with Crippen molar-refractivity contribution in [1.82, 2.24) is 19.5 Å². The van der Waals surface area contributed by atoms with Crippen LogP contribution in [0.5, 0.6) is 0 Å². The Labute approximate surface area is 254 Å². The highest BCUT2D eigenvalue weighted by atomic mass is 35.5. The number of anilines is 1. The molecular weight excluding hydrogens is 597 g/mol. The number of halogens is 2. The molecule has 218 valence electrons. The average molecular weight is 627 g/mol. The predicted molar refractivity (Wildman–Crippen MR) is 164 cm³/mol. The highest BCUT2D eigenvalue weighted by molar-refractivity contribution is 7.89. The second kappa shape index (κ2) is 12.3. The van der Waals surface area contributed by atoms with Gasteiger partial charge in [0.1, 0.15) is 6.04 Å². The first-order valence-electron chi connectivity index (χ1n) is 13.2. The van der Waals surface area contributed by atoms with Crippen molar-refractivity contribution in [3.8, 4) is 0 Å². The summed E-state index contributed by atoms with van der Waals surface area (Å²) in [5.74, 6) is -0.833. The van der Waals surface area contributed by atoms with Crippen LogP contribution in [0.25, 0.3) is 10.9 Å². The van der Waals surface area contributed by atoms with Crippen LogP contribution in [0.2, 0.25) is 10.0 Å². The number of carbonyl (C=O) groups is 2. The minimum absolute atomic E-state index is 0.0422. The third-order valence-electron chi connectivity index (χ3n) is 7.20. The van der Waals surface area contributed by atoms with Crippen LogP contribution in [0.15, 0.2) is 83.9 Å². The number of piperazine rings is 1. The Hall–Kier alpha value is -3.70. The van der Waals surface area contributed by atoms with Crippen molar-refractivity contribution >= 4 is 61.6 Å². The number of carbonyl (C=O) groups excluding carboxylic acids is 2. The maximum atomic E-state index is 13.9. The van der Waals surface area contributed by atoms with Crippen molar-refractivity contribution in [3.05, 3.63) is 100 Å².